The molecular formula is C24H29FN4O. The maximum Gasteiger partial charge on any atom is 0.191 e. The topological polar surface area (TPSA) is 69.4 Å². The van der Waals surface area contributed by atoms with E-state index in [1.165, 1.54) is 23.3 Å². The molecule has 1 fully saturated rings. The molecule has 0 amide bonds. The van der Waals surface area contributed by atoms with Crippen molar-refractivity contribution >= 4 is 5.96 Å². The van der Waals surface area contributed by atoms with E-state index in [1.54, 1.807) is 6.07 Å². The fourth-order valence-corrected chi connectivity index (χ4v) is 3.68. The number of hydrogen-bond donors (Lipinski definition) is 2. The van der Waals surface area contributed by atoms with E-state index in [1.807, 2.05) is 13.0 Å². The average molecular weight is 409 g/mol. The maximum atomic E-state index is 14.1. The standard InChI is InChI=1S/C24H29FN4O/c1-3-27-24(29-16-21-13-18(14-26)8-11-22(21)25)28-15-20-5-4-12-30-23(20)19-9-6-17(2)7-10-19/h6-11,13,20,23H,3-5,12,15-16H2,1-2H3,(H2,27,28,29). The summed E-state index contributed by atoms with van der Waals surface area (Å²) >= 11 is 0. The molecule has 0 aliphatic carbocycles. The second-order valence-electron chi connectivity index (χ2n) is 7.60. The van der Waals surface area contributed by atoms with Gasteiger partial charge in [-0.05, 0) is 50.5 Å². The highest BCUT2D eigenvalue weighted by Gasteiger charge is 2.27. The first-order valence-electron chi connectivity index (χ1n) is 10.5. The Balaban J connectivity index is 1.67. The van der Waals surface area contributed by atoms with Crippen LogP contribution in [-0.4, -0.2) is 25.7 Å². The zero-order chi connectivity index (χ0) is 21.3. The summed E-state index contributed by atoms with van der Waals surface area (Å²) in [6.07, 6.45) is 2.16. The fourth-order valence-electron chi connectivity index (χ4n) is 3.68. The molecule has 5 nitrogen and oxygen atoms in total. The number of ether oxygens (including phenoxy) is 1. The highest BCUT2D eigenvalue weighted by atomic mass is 19.1. The third-order valence-electron chi connectivity index (χ3n) is 5.31. The zero-order valence-electron chi connectivity index (χ0n) is 17.6. The Morgan fingerprint density at radius 1 is 1.23 bits per heavy atom. The molecule has 0 bridgehead atoms. The Labute approximate surface area is 178 Å². The van der Waals surface area contributed by atoms with Gasteiger partial charge in [-0.25, -0.2) is 9.38 Å². The minimum atomic E-state index is -0.353. The van der Waals surface area contributed by atoms with Crippen LogP contribution in [0, 0.1) is 30.0 Å². The van der Waals surface area contributed by atoms with E-state index in [2.05, 4.69) is 46.8 Å². The predicted molar refractivity (Wildman–Crippen MR) is 117 cm³/mol. The van der Waals surface area contributed by atoms with Gasteiger partial charge >= 0.3 is 0 Å². The van der Waals surface area contributed by atoms with Crippen molar-refractivity contribution in [2.24, 2.45) is 10.9 Å². The molecule has 2 unspecified atom stereocenters. The van der Waals surface area contributed by atoms with Crippen molar-refractivity contribution in [2.45, 2.75) is 39.3 Å². The smallest absolute Gasteiger partial charge is 0.191 e. The normalized spacial score (nSPS) is 19.2. The summed E-state index contributed by atoms with van der Waals surface area (Å²) in [4.78, 5) is 4.52. The van der Waals surface area contributed by atoms with Gasteiger partial charge in [0.1, 0.15) is 5.82 Å². The van der Waals surface area contributed by atoms with Crippen molar-refractivity contribution in [3.8, 4) is 6.07 Å². The summed E-state index contributed by atoms with van der Waals surface area (Å²) in [6, 6.07) is 14.9. The average Bonchev–Trinajstić information content (AvgIpc) is 2.77. The first-order valence-corrected chi connectivity index (χ1v) is 10.5. The highest BCUT2D eigenvalue weighted by Crippen LogP contribution is 2.33. The molecule has 2 aromatic carbocycles. The van der Waals surface area contributed by atoms with Crippen LogP contribution in [0.3, 0.4) is 0 Å². The molecule has 1 saturated heterocycles. The molecule has 2 aromatic rings. The molecule has 6 heteroatoms. The first kappa shape index (κ1) is 21.8. The van der Waals surface area contributed by atoms with Gasteiger partial charge in [-0.3, -0.25) is 0 Å². The summed E-state index contributed by atoms with van der Waals surface area (Å²) < 4.78 is 20.1. The molecule has 2 N–H and O–H groups in total. The molecular weight excluding hydrogens is 379 g/mol. The van der Waals surface area contributed by atoms with Gasteiger partial charge in [0, 0.05) is 31.2 Å². The van der Waals surface area contributed by atoms with Crippen molar-refractivity contribution in [2.75, 3.05) is 19.7 Å². The van der Waals surface area contributed by atoms with Gasteiger partial charge in [0.05, 0.1) is 24.3 Å². The third kappa shape index (κ3) is 5.80. The second-order valence-corrected chi connectivity index (χ2v) is 7.60. The number of guanidine groups is 1. The SMILES string of the molecule is CCNC(=NCc1cc(C#N)ccc1F)NCC1CCCOC1c1ccc(C)cc1. The Morgan fingerprint density at radius 3 is 2.77 bits per heavy atom. The monoisotopic (exact) mass is 408 g/mol. The van der Waals surface area contributed by atoms with Gasteiger partial charge in [-0.15, -0.1) is 0 Å². The maximum absolute atomic E-state index is 14.1. The summed E-state index contributed by atoms with van der Waals surface area (Å²) in [5, 5.41) is 15.6. The number of aryl methyl sites for hydroxylation is 1. The summed E-state index contributed by atoms with van der Waals surface area (Å²) in [6.45, 7) is 6.43. The second kappa shape index (κ2) is 10.7. The van der Waals surface area contributed by atoms with Crippen molar-refractivity contribution in [3.05, 3.63) is 70.5 Å². The highest BCUT2D eigenvalue weighted by molar-refractivity contribution is 5.79. The molecule has 1 aliphatic heterocycles. The first-order chi connectivity index (χ1) is 14.6. The molecule has 0 aromatic heterocycles. The molecule has 30 heavy (non-hydrogen) atoms. The van der Waals surface area contributed by atoms with Crippen molar-refractivity contribution in [3.63, 3.8) is 0 Å². The number of nitrogens with zero attached hydrogens (tertiary/aromatic N) is 2. The lowest BCUT2D eigenvalue weighted by Gasteiger charge is -2.32. The van der Waals surface area contributed by atoms with Crippen molar-refractivity contribution < 1.29 is 9.13 Å². The molecule has 158 valence electrons. The minimum absolute atomic E-state index is 0.0551. The number of rotatable bonds is 6. The fraction of sp³-hybridized carbons (Fsp3) is 0.417. The van der Waals surface area contributed by atoms with Crippen LogP contribution in [0.5, 0.6) is 0 Å². The largest absolute Gasteiger partial charge is 0.373 e. The summed E-state index contributed by atoms with van der Waals surface area (Å²) in [5.74, 6) is 0.602. The molecule has 3 rings (SSSR count). The van der Waals surface area contributed by atoms with Gasteiger partial charge in [-0.1, -0.05) is 29.8 Å². The Kier molecular flexibility index (Phi) is 7.81. The molecule has 0 saturated carbocycles. The van der Waals surface area contributed by atoms with Gasteiger partial charge in [-0.2, -0.15) is 5.26 Å². The molecule has 0 radical (unpaired) electrons. The molecule has 2 atom stereocenters. The van der Waals surface area contributed by atoms with E-state index >= 15 is 0 Å². The number of aliphatic imine (C=N–C) groups is 1. The van der Waals surface area contributed by atoms with Crippen LogP contribution in [0.25, 0.3) is 0 Å². The van der Waals surface area contributed by atoms with E-state index in [0.717, 1.165) is 19.4 Å². The van der Waals surface area contributed by atoms with E-state index in [4.69, 9.17) is 10.00 Å². The lowest BCUT2D eigenvalue weighted by atomic mass is 9.89. The van der Waals surface area contributed by atoms with Crippen LogP contribution < -0.4 is 10.6 Å². The van der Waals surface area contributed by atoms with Crippen molar-refractivity contribution in [1.29, 1.82) is 5.26 Å². The van der Waals surface area contributed by atoms with Gasteiger partial charge in [0.15, 0.2) is 5.96 Å². The van der Waals surface area contributed by atoms with Crippen LogP contribution in [0.1, 0.15) is 48.1 Å². The van der Waals surface area contributed by atoms with Gasteiger partial charge in [0.25, 0.3) is 0 Å². The quantitative estimate of drug-likeness (QED) is 0.554. The molecule has 0 spiro atoms. The number of hydrogen-bond acceptors (Lipinski definition) is 3. The molecule has 1 aliphatic rings. The van der Waals surface area contributed by atoms with Gasteiger partial charge in [0.2, 0.25) is 0 Å². The van der Waals surface area contributed by atoms with Crippen LogP contribution in [0.2, 0.25) is 0 Å². The lowest BCUT2D eigenvalue weighted by Crippen LogP contribution is -2.42. The Morgan fingerprint density at radius 2 is 2.03 bits per heavy atom. The Bertz CT molecular complexity index is 904. The third-order valence-corrected chi connectivity index (χ3v) is 5.31. The zero-order valence-corrected chi connectivity index (χ0v) is 17.6. The number of benzene rings is 2. The van der Waals surface area contributed by atoms with Crippen LogP contribution in [-0.2, 0) is 11.3 Å². The van der Waals surface area contributed by atoms with Crippen molar-refractivity contribution in [1.82, 2.24) is 10.6 Å². The van der Waals surface area contributed by atoms with Crippen LogP contribution in [0.15, 0.2) is 47.5 Å². The minimum Gasteiger partial charge on any atom is -0.373 e. The number of halogens is 1. The van der Waals surface area contributed by atoms with E-state index in [0.29, 0.717) is 36.1 Å². The van der Waals surface area contributed by atoms with Crippen LogP contribution >= 0.6 is 0 Å². The van der Waals surface area contributed by atoms with Crippen LogP contribution in [0.4, 0.5) is 4.39 Å². The van der Waals surface area contributed by atoms with Gasteiger partial charge < -0.3 is 15.4 Å². The summed E-state index contributed by atoms with van der Waals surface area (Å²) in [7, 11) is 0. The number of nitrogens with one attached hydrogen (secondary N) is 2. The lowest BCUT2D eigenvalue weighted by molar-refractivity contribution is -0.0265. The number of nitriles is 1. The van der Waals surface area contributed by atoms with E-state index < -0.39 is 0 Å². The predicted octanol–water partition coefficient (Wildman–Crippen LogP) is 4.23. The summed E-state index contributed by atoms with van der Waals surface area (Å²) in [5.41, 5.74) is 3.27. The Hall–Kier alpha value is -2.91. The van der Waals surface area contributed by atoms with E-state index in [-0.39, 0.29) is 18.5 Å². The van der Waals surface area contributed by atoms with E-state index in [9.17, 15) is 4.39 Å². The molecule has 1 heterocycles.